The Labute approximate surface area is 97.5 Å². The molecule has 0 saturated carbocycles. The van der Waals surface area contributed by atoms with Crippen molar-refractivity contribution in [3.8, 4) is 0 Å². The van der Waals surface area contributed by atoms with Gasteiger partial charge in [0.2, 0.25) is 0 Å². The number of sulfone groups is 1. The standard InChI is InChI=1S/C10H22N2O3S/c1-9(7-10(2,11)8-13)12-3-5-16(14,15)6-4-12/h9,13H,3-8,11H2,1-2H3. The van der Waals surface area contributed by atoms with E-state index in [-0.39, 0.29) is 24.2 Å². The molecular formula is C10H22N2O3S. The van der Waals surface area contributed by atoms with Gasteiger partial charge in [-0.2, -0.15) is 0 Å². The number of nitrogens with two attached hydrogens (primary N) is 1. The average molecular weight is 250 g/mol. The van der Waals surface area contributed by atoms with Gasteiger partial charge in [0.1, 0.15) is 0 Å². The summed E-state index contributed by atoms with van der Waals surface area (Å²) in [4.78, 5) is 2.13. The molecule has 5 nitrogen and oxygen atoms in total. The predicted octanol–water partition coefficient (Wildman–Crippen LogP) is -0.795. The number of hydrogen-bond donors (Lipinski definition) is 2. The van der Waals surface area contributed by atoms with Crippen molar-refractivity contribution in [3.05, 3.63) is 0 Å². The van der Waals surface area contributed by atoms with Crippen molar-refractivity contribution in [2.24, 2.45) is 5.73 Å². The fourth-order valence-electron chi connectivity index (χ4n) is 2.04. The van der Waals surface area contributed by atoms with E-state index in [4.69, 9.17) is 10.8 Å². The Morgan fingerprint density at radius 2 is 1.94 bits per heavy atom. The van der Waals surface area contributed by atoms with Crippen molar-refractivity contribution < 1.29 is 13.5 Å². The van der Waals surface area contributed by atoms with Gasteiger partial charge >= 0.3 is 0 Å². The normalized spacial score (nSPS) is 27.2. The monoisotopic (exact) mass is 250 g/mol. The largest absolute Gasteiger partial charge is 0.394 e. The maximum atomic E-state index is 11.3. The van der Waals surface area contributed by atoms with Crippen LogP contribution in [0.15, 0.2) is 0 Å². The van der Waals surface area contributed by atoms with Crippen LogP contribution >= 0.6 is 0 Å². The molecule has 1 saturated heterocycles. The highest BCUT2D eigenvalue weighted by Gasteiger charge is 2.28. The van der Waals surface area contributed by atoms with Crippen molar-refractivity contribution in [1.29, 1.82) is 0 Å². The van der Waals surface area contributed by atoms with E-state index >= 15 is 0 Å². The first-order valence-electron chi connectivity index (χ1n) is 5.60. The van der Waals surface area contributed by atoms with Crippen molar-refractivity contribution in [2.45, 2.75) is 31.8 Å². The number of rotatable bonds is 4. The highest BCUT2D eigenvalue weighted by molar-refractivity contribution is 7.91. The van der Waals surface area contributed by atoms with Gasteiger partial charge < -0.3 is 10.8 Å². The molecule has 0 aliphatic carbocycles. The van der Waals surface area contributed by atoms with Crippen LogP contribution < -0.4 is 5.73 Å². The van der Waals surface area contributed by atoms with Gasteiger partial charge in [-0.3, -0.25) is 4.90 Å². The molecule has 0 bridgehead atoms. The van der Waals surface area contributed by atoms with Crippen LogP contribution in [0.2, 0.25) is 0 Å². The highest BCUT2D eigenvalue weighted by Crippen LogP contribution is 2.16. The van der Waals surface area contributed by atoms with E-state index in [1.54, 1.807) is 0 Å². The molecule has 1 rings (SSSR count). The van der Waals surface area contributed by atoms with Gasteiger partial charge in [0.05, 0.1) is 18.1 Å². The summed E-state index contributed by atoms with van der Waals surface area (Å²) < 4.78 is 22.5. The van der Waals surface area contributed by atoms with Crippen LogP contribution in [0, 0.1) is 0 Å². The minimum atomic E-state index is -2.82. The molecule has 2 unspecified atom stereocenters. The van der Waals surface area contributed by atoms with E-state index in [9.17, 15) is 8.42 Å². The fourth-order valence-corrected chi connectivity index (χ4v) is 3.27. The summed E-state index contributed by atoms with van der Waals surface area (Å²) in [7, 11) is -2.82. The summed E-state index contributed by atoms with van der Waals surface area (Å²) in [5.41, 5.74) is 5.29. The molecule has 0 aromatic carbocycles. The maximum absolute atomic E-state index is 11.3. The molecule has 1 fully saturated rings. The Balaban J connectivity index is 2.48. The van der Waals surface area contributed by atoms with Crippen LogP contribution in [-0.2, 0) is 9.84 Å². The van der Waals surface area contributed by atoms with Gasteiger partial charge in [-0.25, -0.2) is 8.42 Å². The Hall–Kier alpha value is -0.170. The molecule has 0 radical (unpaired) electrons. The van der Waals surface area contributed by atoms with E-state index in [0.717, 1.165) is 0 Å². The lowest BCUT2D eigenvalue weighted by Gasteiger charge is -2.36. The van der Waals surface area contributed by atoms with E-state index in [1.165, 1.54) is 0 Å². The van der Waals surface area contributed by atoms with Crippen LogP contribution in [-0.4, -0.2) is 61.2 Å². The van der Waals surface area contributed by atoms with Crippen molar-refractivity contribution in [1.82, 2.24) is 4.90 Å². The summed E-state index contributed by atoms with van der Waals surface area (Å²) >= 11 is 0. The second-order valence-electron chi connectivity index (χ2n) is 5.05. The molecule has 1 aliphatic rings. The lowest BCUT2D eigenvalue weighted by Crippen LogP contribution is -2.50. The highest BCUT2D eigenvalue weighted by atomic mass is 32.2. The third-order valence-corrected chi connectivity index (χ3v) is 4.73. The third kappa shape index (κ3) is 4.01. The topological polar surface area (TPSA) is 83.6 Å². The van der Waals surface area contributed by atoms with Crippen molar-refractivity contribution >= 4 is 9.84 Å². The number of nitrogens with zero attached hydrogens (tertiary/aromatic N) is 1. The Morgan fingerprint density at radius 1 is 1.44 bits per heavy atom. The maximum Gasteiger partial charge on any atom is 0.152 e. The van der Waals surface area contributed by atoms with Gasteiger partial charge in [0.15, 0.2) is 9.84 Å². The second-order valence-corrected chi connectivity index (χ2v) is 7.36. The van der Waals surface area contributed by atoms with Crippen molar-refractivity contribution in [3.63, 3.8) is 0 Å². The molecule has 0 aromatic heterocycles. The molecule has 1 heterocycles. The van der Waals surface area contributed by atoms with Gasteiger partial charge in [-0.05, 0) is 20.3 Å². The van der Waals surface area contributed by atoms with Crippen LogP contribution in [0.4, 0.5) is 0 Å². The minimum Gasteiger partial charge on any atom is -0.394 e. The lowest BCUT2D eigenvalue weighted by molar-refractivity contribution is 0.143. The van der Waals surface area contributed by atoms with Crippen LogP contribution in [0.1, 0.15) is 20.3 Å². The number of hydrogen-bond acceptors (Lipinski definition) is 5. The molecular weight excluding hydrogens is 228 g/mol. The molecule has 1 aliphatic heterocycles. The van der Waals surface area contributed by atoms with Gasteiger partial charge in [0, 0.05) is 24.7 Å². The van der Waals surface area contributed by atoms with Gasteiger partial charge in [-0.15, -0.1) is 0 Å². The zero-order chi connectivity index (χ0) is 12.4. The van der Waals surface area contributed by atoms with E-state index < -0.39 is 15.4 Å². The predicted molar refractivity (Wildman–Crippen MR) is 64.0 cm³/mol. The van der Waals surface area contributed by atoms with Crippen LogP contribution in [0.3, 0.4) is 0 Å². The first-order valence-corrected chi connectivity index (χ1v) is 7.42. The summed E-state index contributed by atoms with van der Waals surface area (Å²) in [6.45, 7) is 4.93. The lowest BCUT2D eigenvalue weighted by atomic mass is 9.95. The molecule has 0 spiro atoms. The summed E-state index contributed by atoms with van der Waals surface area (Å²) in [6, 6.07) is 0.206. The first-order chi connectivity index (χ1) is 7.26. The van der Waals surface area contributed by atoms with Crippen molar-refractivity contribution in [2.75, 3.05) is 31.2 Å². The summed E-state index contributed by atoms with van der Waals surface area (Å²) in [6.07, 6.45) is 0.670. The quantitative estimate of drug-likeness (QED) is 0.683. The molecule has 2 atom stereocenters. The van der Waals surface area contributed by atoms with E-state index in [2.05, 4.69) is 4.90 Å². The van der Waals surface area contributed by atoms with Crippen LogP contribution in [0.25, 0.3) is 0 Å². The molecule has 6 heteroatoms. The fraction of sp³-hybridized carbons (Fsp3) is 1.00. The molecule has 96 valence electrons. The first kappa shape index (κ1) is 13.9. The molecule has 0 aromatic rings. The van der Waals surface area contributed by atoms with E-state index in [0.29, 0.717) is 19.5 Å². The smallest absolute Gasteiger partial charge is 0.152 e. The second kappa shape index (κ2) is 5.00. The van der Waals surface area contributed by atoms with Crippen LogP contribution in [0.5, 0.6) is 0 Å². The zero-order valence-electron chi connectivity index (χ0n) is 10.0. The number of aliphatic hydroxyl groups is 1. The molecule has 3 N–H and O–H groups in total. The zero-order valence-corrected chi connectivity index (χ0v) is 10.8. The minimum absolute atomic E-state index is 0.0521. The van der Waals surface area contributed by atoms with Gasteiger partial charge in [0.25, 0.3) is 0 Å². The Kier molecular flexibility index (Phi) is 4.34. The third-order valence-electron chi connectivity index (χ3n) is 3.13. The number of aliphatic hydroxyl groups excluding tert-OH is 1. The average Bonchev–Trinajstić information content (AvgIpc) is 2.16. The van der Waals surface area contributed by atoms with E-state index in [1.807, 2.05) is 13.8 Å². The summed E-state index contributed by atoms with van der Waals surface area (Å²) in [5, 5.41) is 9.08. The Bertz CT molecular complexity index is 313. The summed E-state index contributed by atoms with van der Waals surface area (Å²) in [5.74, 6) is 0.468. The SMILES string of the molecule is CC(CC(C)(N)CO)N1CCS(=O)(=O)CC1. The molecule has 16 heavy (non-hydrogen) atoms. The molecule has 0 amide bonds. The van der Waals surface area contributed by atoms with Gasteiger partial charge in [-0.1, -0.05) is 0 Å². The Morgan fingerprint density at radius 3 is 2.38 bits per heavy atom.